The van der Waals surface area contributed by atoms with Gasteiger partial charge in [-0.15, -0.1) is 0 Å². The molecule has 0 bridgehead atoms. The van der Waals surface area contributed by atoms with Gasteiger partial charge in [0.05, 0.1) is 16.6 Å². The molecule has 0 spiro atoms. The van der Waals surface area contributed by atoms with Crippen LogP contribution in [-0.2, 0) is 14.8 Å². The Morgan fingerprint density at radius 2 is 1.69 bits per heavy atom. The molecule has 0 aliphatic carbocycles. The van der Waals surface area contributed by atoms with Gasteiger partial charge in [0.2, 0.25) is 5.91 Å². The summed E-state index contributed by atoms with van der Waals surface area (Å²) in [5.74, 6) is -0.384. The van der Waals surface area contributed by atoms with E-state index in [2.05, 4.69) is 5.32 Å². The summed E-state index contributed by atoms with van der Waals surface area (Å²) in [6.07, 6.45) is 0. The lowest BCUT2D eigenvalue weighted by Gasteiger charge is -2.32. The Morgan fingerprint density at radius 3 is 2.45 bits per heavy atom. The summed E-state index contributed by atoms with van der Waals surface area (Å²) in [4.78, 5) is 12.9. The summed E-state index contributed by atoms with van der Waals surface area (Å²) in [6, 6.07) is 21.0. The lowest BCUT2D eigenvalue weighted by molar-refractivity contribution is -0.120. The molecule has 0 unspecified atom stereocenters. The van der Waals surface area contributed by atoms with Gasteiger partial charge in [0.25, 0.3) is 10.0 Å². The van der Waals surface area contributed by atoms with E-state index < -0.39 is 10.0 Å². The molecule has 4 rings (SSSR count). The van der Waals surface area contributed by atoms with Crippen molar-refractivity contribution in [2.75, 3.05) is 10.8 Å². The number of carbonyl (C=O) groups excluding carboxylic acids is 1. The van der Waals surface area contributed by atoms with Gasteiger partial charge in [-0.25, -0.2) is 8.42 Å². The summed E-state index contributed by atoms with van der Waals surface area (Å²) >= 11 is 6.16. The molecule has 1 heterocycles. The predicted octanol–water partition coefficient (Wildman–Crippen LogP) is 4.39. The van der Waals surface area contributed by atoms with Crippen LogP contribution in [0.2, 0.25) is 5.02 Å². The number of anilines is 1. The van der Waals surface area contributed by atoms with Crippen LogP contribution in [0, 0.1) is 0 Å². The highest BCUT2D eigenvalue weighted by Crippen LogP contribution is 2.43. The van der Waals surface area contributed by atoms with Crippen LogP contribution in [0.15, 0.2) is 77.7 Å². The molecule has 5 nitrogen and oxygen atoms in total. The normalized spacial score (nSPS) is 15.2. The van der Waals surface area contributed by atoms with Gasteiger partial charge < -0.3 is 5.32 Å². The molecule has 0 aromatic heterocycles. The zero-order valence-electron chi connectivity index (χ0n) is 15.7. The summed E-state index contributed by atoms with van der Waals surface area (Å²) in [5.41, 5.74) is 2.65. The van der Waals surface area contributed by atoms with E-state index >= 15 is 0 Å². The second-order valence-electron chi connectivity index (χ2n) is 6.87. The molecule has 1 atom stereocenters. The first-order valence-corrected chi connectivity index (χ1v) is 11.0. The molecule has 0 fully saturated rings. The Bertz CT molecular complexity index is 1180. The van der Waals surface area contributed by atoms with Crippen molar-refractivity contribution >= 4 is 33.2 Å². The van der Waals surface area contributed by atoms with Crippen molar-refractivity contribution < 1.29 is 13.2 Å². The van der Waals surface area contributed by atoms with Gasteiger partial charge in [-0.3, -0.25) is 9.10 Å². The zero-order chi connectivity index (χ0) is 20.6. The zero-order valence-corrected chi connectivity index (χ0v) is 17.2. The Kier molecular flexibility index (Phi) is 5.06. The Labute approximate surface area is 175 Å². The van der Waals surface area contributed by atoms with Crippen molar-refractivity contribution in [3.8, 4) is 11.1 Å². The first kappa shape index (κ1) is 19.5. The number of rotatable bonds is 4. The third kappa shape index (κ3) is 3.61. The summed E-state index contributed by atoms with van der Waals surface area (Å²) < 4.78 is 27.7. The standard InChI is InChI=1S/C22H19ClN2O3S/c1-15(16-7-3-2-4-8-16)24-22(26)14-25-20-12-11-17(23)13-19(20)18-9-5-6-10-21(18)29(25,27)28/h2-13,15H,14H2,1H3,(H,24,26)/t15-/m1/s1. The molecule has 0 saturated heterocycles. The number of hydrogen-bond acceptors (Lipinski definition) is 3. The largest absolute Gasteiger partial charge is 0.348 e. The average Bonchev–Trinajstić information content (AvgIpc) is 2.72. The number of carbonyl (C=O) groups is 1. The smallest absolute Gasteiger partial charge is 0.265 e. The van der Waals surface area contributed by atoms with Gasteiger partial charge in [0, 0.05) is 16.1 Å². The fourth-order valence-corrected chi connectivity index (χ4v) is 5.34. The first-order chi connectivity index (χ1) is 13.9. The van der Waals surface area contributed by atoms with Crippen LogP contribution in [-0.4, -0.2) is 20.9 Å². The molecule has 29 heavy (non-hydrogen) atoms. The second-order valence-corrected chi connectivity index (χ2v) is 9.14. The van der Waals surface area contributed by atoms with Gasteiger partial charge in [-0.2, -0.15) is 0 Å². The lowest BCUT2D eigenvalue weighted by Crippen LogP contribution is -2.43. The average molecular weight is 427 g/mol. The van der Waals surface area contributed by atoms with Gasteiger partial charge >= 0.3 is 0 Å². The molecule has 0 radical (unpaired) electrons. The minimum absolute atomic E-state index is 0.165. The van der Waals surface area contributed by atoms with Crippen LogP contribution in [0.3, 0.4) is 0 Å². The number of halogens is 1. The van der Waals surface area contributed by atoms with E-state index in [9.17, 15) is 13.2 Å². The topological polar surface area (TPSA) is 66.5 Å². The van der Waals surface area contributed by atoms with Crippen LogP contribution < -0.4 is 9.62 Å². The second kappa shape index (κ2) is 7.54. The van der Waals surface area contributed by atoms with Crippen LogP contribution in [0.5, 0.6) is 0 Å². The van der Waals surface area contributed by atoms with E-state index in [1.807, 2.05) is 37.3 Å². The number of nitrogens with zero attached hydrogens (tertiary/aromatic N) is 1. The Balaban J connectivity index is 1.68. The van der Waals surface area contributed by atoms with E-state index in [-0.39, 0.29) is 23.4 Å². The van der Waals surface area contributed by atoms with Gasteiger partial charge in [-0.1, -0.05) is 60.1 Å². The monoisotopic (exact) mass is 426 g/mol. The molecule has 0 saturated carbocycles. The molecular weight excluding hydrogens is 408 g/mol. The molecule has 1 aliphatic heterocycles. The molecule has 3 aromatic rings. The summed E-state index contributed by atoms with van der Waals surface area (Å²) in [5, 5.41) is 3.38. The molecular formula is C22H19ClN2O3S. The molecule has 7 heteroatoms. The molecule has 1 N–H and O–H groups in total. The number of fused-ring (bicyclic) bond motifs is 3. The maximum atomic E-state index is 13.3. The van der Waals surface area contributed by atoms with Crippen molar-refractivity contribution in [3.05, 3.63) is 83.4 Å². The van der Waals surface area contributed by atoms with Gasteiger partial charge in [0.1, 0.15) is 6.54 Å². The van der Waals surface area contributed by atoms with Crippen LogP contribution in [0.25, 0.3) is 11.1 Å². The summed E-state index contributed by atoms with van der Waals surface area (Å²) in [7, 11) is -3.88. The highest BCUT2D eigenvalue weighted by atomic mass is 35.5. The first-order valence-electron chi connectivity index (χ1n) is 9.14. The highest BCUT2D eigenvalue weighted by molar-refractivity contribution is 7.93. The van der Waals surface area contributed by atoms with E-state index in [1.165, 1.54) is 0 Å². The Hall–Kier alpha value is -2.83. The summed E-state index contributed by atoms with van der Waals surface area (Å²) in [6.45, 7) is 1.55. The van der Waals surface area contributed by atoms with E-state index in [1.54, 1.807) is 42.5 Å². The number of sulfonamides is 1. The van der Waals surface area contributed by atoms with Crippen molar-refractivity contribution in [2.45, 2.75) is 17.9 Å². The lowest BCUT2D eigenvalue weighted by atomic mass is 10.0. The van der Waals surface area contributed by atoms with Crippen LogP contribution in [0.1, 0.15) is 18.5 Å². The third-order valence-electron chi connectivity index (χ3n) is 4.94. The number of nitrogens with one attached hydrogen (secondary N) is 1. The molecule has 1 aliphatic rings. The van der Waals surface area contributed by atoms with Crippen LogP contribution >= 0.6 is 11.6 Å². The van der Waals surface area contributed by atoms with Crippen molar-refractivity contribution in [3.63, 3.8) is 0 Å². The van der Waals surface area contributed by atoms with E-state index in [4.69, 9.17) is 11.6 Å². The molecule has 148 valence electrons. The maximum absolute atomic E-state index is 13.3. The van der Waals surface area contributed by atoms with Crippen molar-refractivity contribution in [2.24, 2.45) is 0 Å². The van der Waals surface area contributed by atoms with Crippen LogP contribution in [0.4, 0.5) is 5.69 Å². The van der Waals surface area contributed by atoms with Crippen molar-refractivity contribution in [1.82, 2.24) is 5.32 Å². The fraction of sp³-hybridized carbons (Fsp3) is 0.136. The van der Waals surface area contributed by atoms with Gasteiger partial charge in [0.15, 0.2) is 0 Å². The van der Waals surface area contributed by atoms with E-state index in [0.29, 0.717) is 21.8 Å². The van der Waals surface area contributed by atoms with E-state index in [0.717, 1.165) is 9.87 Å². The third-order valence-corrected chi connectivity index (χ3v) is 6.99. The minimum Gasteiger partial charge on any atom is -0.348 e. The molecule has 3 aromatic carbocycles. The van der Waals surface area contributed by atoms with Gasteiger partial charge in [-0.05, 0) is 36.8 Å². The fourth-order valence-electron chi connectivity index (χ4n) is 3.52. The Morgan fingerprint density at radius 1 is 1.00 bits per heavy atom. The quantitative estimate of drug-likeness (QED) is 0.672. The SMILES string of the molecule is C[C@@H](NC(=O)CN1c2ccc(Cl)cc2-c2ccccc2S1(=O)=O)c1ccccc1. The minimum atomic E-state index is -3.88. The number of amides is 1. The highest BCUT2D eigenvalue weighted by Gasteiger charge is 2.36. The predicted molar refractivity (Wildman–Crippen MR) is 114 cm³/mol. The number of hydrogen-bond donors (Lipinski definition) is 1. The number of benzene rings is 3. The van der Waals surface area contributed by atoms with Crippen molar-refractivity contribution in [1.29, 1.82) is 0 Å². The maximum Gasteiger partial charge on any atom is 0.265 e. The molecule has 1 amide bonds.